The summed E-state index contributed by atoms with van der Waals surface area (Å²) < 4.78 is 5.14. The minimum Gasteiger partial charge on any atom is -0.355 e. The Hall–Kier alpha value is -1.44. The Morgan fingerprint density at radius 1 is 1.43 bits per heavy atom. The van der Waals surface area contributed by atoms with Crippen LogP contribution in [0.4, 0.5) is 0 Å². The number of carbonyl (C=O) groups excluding carboxylic acids is 1. The molecule has 0 fully saturated rings. The third-order valence-corrected chi connectivity index (χ3v) is 3.52. The highest BCUT2D eigenvalue weighted by molar-refractivity contribution is 7.13. The number of carbonyl (C=O) groups is 1. The molecular weight excluding hydrogens is 312 g/mol. The van der Waals surface area contributed by atoms with E-state index in [1.807, 2.05) is 24.4 Å². The first kappa shape index (κ1) is 17.6. The van der Waals surface area contributed by atoms with Gasteiger partial charge in [-0.25, -0.2) is 0 Å². The van der Waals surface area contributed by atoms with Crippen LogP contribution in [-0.4, -0.2) is 35.7 Å². The molecule has 0 aromatic carbocycles. The molecule has 116 valence electrons. The monoisotopic (exact) mass is 330 g/mol. The SMILES string of the molecule is CCNCCNC(=O)CCc1nc(-c2cccs2)no1.Cl. The van der Waals surface area contributed by atoms with Gasteiger partial charge >= 0.3 is 0 Å². The van der Waals surface area contributed by atoms with Gasteiger partial charge < -0.3 is 15.2 Å². The van der Waals surface area contributed by atoms with Crippen molar-refractivity contribution >= 4 is 29.7 Å². The van der Waals surface area contributed by atoms with Gasteiger partial charge in [0.15, 0.2) is 0 Å². The molecule has 0 saturated carbocycles. The summed E-state index contributed by atoms with van der Waals surface area (Å²) in [5, 5.41) is 11.8. The molecule has 0 aliphatic carbocycles. The fourth-order valence-corrected chi connectivity index (χ4v) is 2.29. The Labute approximate surface area is 133 Å². The van der Waals surface area contributed by atoms with E-state index in [2.05, 4.69) is 20.8 Å². The summed E-state index contributed by atoms with van der Waals surface area (Å²) in [5.74, 6) is 1.08. The summed E-state index contributed by atoms with van der Waals surface area (Å²) in [7, 11) is 0. The zero-order valence-electron chi connectivity index (χ0n) is 11.8. The van der Waals surface area contributed by atoms with Gasteiger partial charge in [-0.3, -0.25) is 4.79 Å². The van der Waals surface area contributed by atoms with Crippen molar-refractivity contribution in [1.82, 2.24) is 20.8 Å². The minimum atomic E-state index is -0.00113. The number of thiophene rings is 1. The van der Waals surface area contributed by atoms with Crippen molar-refractivity contribution < 1.29 is 9.32 Å². The van der Waals surface area contributed by atoms with Gasteiger partial charge in [-0.2, -0.15) is 4.98 Å². The average molecular weight is 331 g/mol. The van der Waals surface area contributed by atoms with E-state index in [0.717, 1.165) is 18.0 Å². The van der Waals surface area contributed by atoms with Gasteiger partial charge in [0.05, 0.1) is 4.88 Å². The van der Waals surface area contributed by atoms with Crippen molar-refractivity contribution in [1.29, 1.82) is 0 Å². The van der Waals surface area contributed by atoms with E-state index < -0.39 is 0 Å². The second-order valence-corrected chi connectivity index (χ2v) is 5.14. The largest absolute Gasteiger partial charge is 0.355 e. The molecular formula is C13H19ClN4O2S. The lowest BCUT2D eigenvalue weighted by Gasteiger charge is -2.03. The van der Waals surface area contributed by atoms with Crippen molar-refractivity contribution in [2.45, 2.75) is 19.8 Å². The van der Waals surface area contributed by atoms with Crippen molar-refractivity contribution in [3.63, 3.8) is 0 Å². The highest BCUT2D eigenvalue weighted by atomic mass is 35.5. The number of aromatic nitrogens is 2. The minimum absolute atomic E-state index is 0. The fraction of sp³-hybridized carbons (Fsp3) is 0.462. The van der Waals surface area contributed by atoms with E-state index in [1.54, 1.807) is 11.3 Å². The molecule has 0 aliphatic rings. The van der Waals surface area contributed by atoms with Crippen LogP contribution in [-0.2, 0) is 11.2 Å². The molecule has 8 heteroatoms. The number of rotatable bonds is 8. The van der Waals surface area contributed by atoms with Crippen molar-refractivity contribution in [3.05, 3.63) is 23.4 Å². The Kier molecular flexibility index (Phi) is 7.96. The predicted molar refractivity (Wildman–Crippen MR) is 84.7 cm³/mol. The molecule has 2 aromatic heterocycles. The lowest BCUT2D eigenvalue weighted by molar-refractivity contribution is -0.121. The third kappa shape index (κ3) is 5.82. The van der Waals surface area contributed by atoms with Crippen LogP contribution in [0.1, 0.15) is 19.2 Å². The van der Waals surface area contributed by atoms with E-state index >= 15 is 0 Å². The molecule has 2 heterocycles. The highest BCUT2D eigenvalue weighted by Crippen LogP contribution is 2.21. The van der Waals surface area contributed by atoms with Crippen LogP contribution in [0.15, 0.2) is 22.0 Å². The molecule has 1 amide bonds. The first-order valence-corrected chi connectivity index (χ1v) is 7.51. The molecule has 0 aliphatic heterocycles. The molecule has 0 atom stereocenters. The molecule has 6 nitrogen and oxygen atoms in total. The Morgan fingerprint density at radius 2 is 2.29 bits per heavy atom. The van der Waals surface area contributed by atoms with Gasteiger partial charge in [0.2, 0.25) is 17.6 Å². The molecule has 2 N–H and O–H groups in total. The van der Waals surface area contributed by atoms with Crippen molar-refractivity contribution in [2.75, 3.05) is 19.6 Å². The summed E-state index contributed by atoms with van der Waals surface area (Å²) in [5.41, 5.74) is 0. The molecule has 0 unspecified atom stereocenters. The van der Waals surface area contributed by atoms with Crippen molar-refractivity contribution in [3.8, 4) is 10.7 Å². The molecule has 21 heavy (non-hydrogen) atoms. The molecule has 0 saturated heterocycles. The van der Waals surface area contributed by atoms with Gasteiger partial charge in [-0.05, 0) is 18.0 Å². The number of hydrogen-bond acceptors (Lipinski definition) is 6. The number of hydrogen-bond donors (Lipinski definition) is 2. The first-order chi connectivity index (χ1) is 9.79. The second kappa shape index (κ2) is 9.49. The van der Waals surface area contributed by atoms with Crippen LogP contribution < -0.4 is 10.6 Å². The van der Waals surface area contributed by atoms with Crippen LogP contribution in [0, 0.1) is 0 Å². The normalized spacial score (nSPS) is 10.1. The number of likely N-dealkylation sites (N-methyl/N-ethyl adjacent to an activating group) is 1. The summed E-state index contributed by atoms with van der Waals surface area (Å²) in [4.78, 5) is 16.8. The zero-order valence-corrected chi connectivity index (χ0v) is 13.4. The van der Waals surface area contributed by atoms with Crippen molar-refractivity contribution in [2.24, 2.45) is 0 Å². The number of nitrogens with zero attached hydrogens (tertiary/aromatic N) is 2. The number of nitrogens with one attached hydrogen (secondary N) is 2. The van der Waals surface area contributed by atoms with E-state index in [0.29, 0.717) is 31.1 Å². The summed E-state index contributed by atoms with van der Waals surface area (Å²) in [6.07, 6.45) is 0.823. The van der Waals surface area contributed by atoms with Gasteiger partial charge in [0, 0.05) is 25.9 Å². The van der Waals surface area contributed by atoms with Gasteiger partial charge in [-0.1, -0.05) is 18.1 Å². The van der Waals surface area contributed by atoms with Crippen LogP contribution >= 0.6 is 23.7 Å². The maximum atomic E-state index is 11.6. The lowest BCUT2D eigenvalue weighted by Crippen LogP contribution is -2.31. The van der Waals surface area contributed by atoms with Gasteiger partial charge in [0.25, 0.3) is 0 Å². The summed E-state index contributed by atoms with van der Waals surface area (Å²) >= 11 is 1.56. The maximum absolute atomic E-state index is 11.6. The number of halogens is 1. The Balaban J connectivity index is 0.00000220. The van der Waals surface area contributed by atoms with Gasteiger partial charge in [-0.15, -0.1) is 23.7 Å². The van der Waals surface area contributed by atoms with E-state index in [-0.39, 0.29) is 18.3 Å². The fourth-order valence-electron chi connectivity index (χ4n) is 1.64. The molecule has 0 radical (unpaired) electrons. The van der Waals surface area contributed by atoms with Crippen LogP contribution in [0.5, 0.6) is 0 Å². The van der Waals surface area contributed by atoms with E-state index in [9.17, 15) is 4.79 Å². The van der Waals surface area contributed by atoms with Gasteiger partial charge in [0.1, 0.15) is 0 Å². The molecule has 2 rings (SSSR count). The van der Waals surface area contributed by atoms with Crippen LogP contribution in [0.3, 0.4) is 0 Å². The highest BCUT2D eigenvalue weighted by Gasteiger charge is 2.10. The van der Waals surface area contributed by atoms with E-state index in [4.69, 9.17) is 4.52 Å². The summed E-state index contributed by atoms with van der Waals surface area (Å²) in [6.45, 7) is 4.36. The number of amides is 1. The standard InChI is InChI=1S/C13H18N4O2S.ClH/c1-2-14-7-8-15-11(18)5-6-12-16-13(17-19-12)10-4-3-9-20-10;/h3-4,9,14H,2,5-8H2,1H3,(H,15,18);1H. The predicted octanol–water partition coefficient (Wildman–Crippen LogP) is 1.88. The molecule has 0 bridgehead atoms. The Morgan fingerprint density at radius 3 is 3.00 bits per heavy atom. The zero-order chi connectivity index (χ0) is 14.2. The second-order valence-electron chi connectivity index (χ2n) is 4.19. The smallest absolute Gasteiger partial charge is 0.227 e. The number of aryl methyl sites for hydroxylation is 1. The maximum Gasteiger partial charge on any atom is 0.227 e. The van der Waals surface area contributed by atoms with E-state index in [1.165, 1.54) is 0 Å². The topological polar surface area (TPSA) is 80.0 Å². The third-order valence-electron chi connectivity index (χ3n) is 2.65. The molecule has 2 aromatic rings. The van der Waals surface area contributed by atoms with Crippen LogP contribution in [0.2, 0.25) is 0 Å². The average Bonchev–Trinajstić information content (AvgIpc) is 3.11. The Bertz CT molecular complexity index is 530. The first-order valence-electron chi connectivity index (χ1n) is 6.63. The lowest BCUT2D eigenvalue weighted by atomic mass is 10.3. The summed E-state index contributed by atoms with van der Waals surface area (Å²) in [6, 6.07) is 3.88. The van der Waals surface area contributed by atoms with Crippen LogP contribution in [0.25, 0.3) is 10.7 Å². The quantitative estimate of drug-likeness (QED) is 0.722. The molecule has 0 spiro atoms.